The summed E-state index contributed by atoms with van der Waals surface area (Å²) < 4.78 is 7.52. The monoisotopic (exact) mass is 444 g/mol. The van der Waals surface area contributed by atoms with Crippen molar-refractivity contribution >= 4 is 11.6 Å². The minimum atomic E-state index is -0.0255. The fourth-order valence-corrected chi connectivity index (χ4v) is 4.44. The highest BCUT2D eigenvalue weighted by molar-refractivity contribution is 5.78. The Bertz CT molecular complexity index is 1150. The van der Waals surface area contributed by atoms with Gasteiger partial charge < -0.3 is 9.64 Å². The summed E-state index contributed by atoms with van der Waals surface area (Å²) in [6.45, 7) is 11.8. The molecule has 2 aliphatic heterocycles. The molecule has 0 radical (unpaired) electrons. The molecule has 2 aromatic heterocycles. The van der Waals surface area contributed by atoms with Gasteiger partial charge in [0.25, 0.3) is 0 Å². The van der Waals surface area contributed by atoms with Crippen LogP contribution in [-0.2, 0) is 22.4 Å². The van der Waals surface area contributed by atoms with E-state index in [1.165, 1.54) is 11.0 Å². The van der Waals surface area contributed by atoms with Crippen LogP contribution in [0.3, 0.4) is 0 Å². The Labute approximate surface area is 191 Å². The Hall–Kier alpha value is -3.68. The van der Waals surface area contributed by atoms with E-state index in [2.05, 4.69) is 36.3 Å². The largest absolute Gasteiger partial charge is 0.372 e. The van der Waals surface area contributed by atoms with Gasteiger partial charge in [0, 0.05) is 38.9 Å². The van der Waals surface area contributed by atoms with E-state index >= 15 is 0 Å². The molecular weight excluding hydrogens is 420 g/mol. The van der Waals surface area contributed by atoms with Gasteiger partial charge in [-0.15, -0.1) is 5.10 Å². The number of hydrogen-bond acceptors (Lipinski definition) is 7. The molecule has 33 heavy (non-hydrogen) atoms. The van der Waals surface area contributed by atoms with Gasteiger partial charge >= 0.3 is 0 Å². The van der Waals surface area contributed by atoms with Crippen molar-refractivity contribution in [2.75, 3.05) is 39.3 Å². The molecule has 5 rings (SSSR count). The van der Waals surface area contributed by atoms with Gasteiger partial charge in [0.2, 0.25) is 5.91 Å². The van der Waals surface area contributed by atoms with E-state index in [4.69, 9.17) is 11.3 Å². The van der Waals surface area contributed by atoms with Gasteiger partial charge in [-0.05, 0) is 39.6 Å². The van der Waals surface area contributed by atoms with Gasteiger partial charge in [0.1, 0.15) is 6.33 Å². The molecule has 0 spiro atoms. The maximum absolute atomic E-state index is 12.8. The fourth-order valence-electron chi connectivity index (χ4n) is 4.44. The van der Waals surface area contributed by atoms with Crippen molar-refractivity contribution in [3.05, 3.63) is 71.0 Å². The third-order valence-corrected chi connectivity index (χ3v) is 6.22. The highest BCUT2D eigenvalue weighted by Gasteiger charge is 2.27. The first-order chi connectivity index (χ1) is 16.2. The molecule has 168 valence electrons. The number of amides is 1. The molecular formula is C23H24N8O2. The van der Waals surface area contributed by atoms with Crippen molar-refractivity contribution in [2.45, 2.75) is 18.9 Å². The summed E-state index contributed by atoms with van der Waals surface area (Å²) in [4.78, 5) is 25.1. The van der Waals surface area contributed by atoms with Crippen LogP contribution < -0.4 is 0 Å². The molecule has 10 nitrogen and oxygen atoms in total. The Morgan fingerprint density at radius 1 is 1.18 bits per heavy atom. The number of piperazine rings is 1. The third-order valence-electron chi connectivity index (χ3n) is 6.22. The Morgan fingerprint density at radius 3 is 2.79 bits per heavy atom. The molecule has 4 heterocycles. The fraction of sp³-hybridized carbons (Fsp3) is 0.391. The van der Waals surface area contributed by atoms with Crippen LogP contribution in [0.25, 0.3) is 10.7 Å². The van der Waals surface area contributed by atoms with Crippen molar-refractivity contribution < 1.29 is 9.53 Å². The molecule has 0 bridgehead atoms. The van der Waals surface area contributed by atoms with Crippen molar-refractivity contribution in [1.82, 2.24) is 35.0 Å². The molecule has 0 N–H and O–H groups in total. The van der Waals surface area contributed by atoms with Crippen LogP contribution in [0.2, 0.25) is 0 Å². The highest BCUT2D eigenvalue weighted by Crippen LogP contribution is 2.34. The molecule has 1 atom stereocenters. The second-order valence-corrected chi connectivity index (χ2v) is 8.20. The summed E-state index contributed by atoms with van der Waals surface area (Å²) >= 11 is 0. The van der Waals surface area contributed by atoms with Crippen LogP contribution in [0.5, 0.6) is 0 Å². The number of hydrogen-bond donors (Lipinski definition) is 0. The lowest BCUT2D eigenvalue weighted by atomic mass is 9.95. The van der Waals surface area contributed by atoms with Crippen molar-refractivity contribution in [3.63, 3.8) is 0 Å². The number of tetrazole rings is 1. The van der Waals surface area contributed by atoms with Crippen LogP contribution >= 0.6 is 0 Å². The van der Waals surface area contributed by atoms with Crippen LogP contribution in [-0.4, -0.2) is 80.2 Å². The SMILES string of the molecule is [C-]#[N+]c1cccc2c1CCOC2CN1CCN(C(=O)Cc2ccc(-n3cnnn3)nc2)CC1. The standard InChI is InChI=1S/C23H24N8O2/c1-24-20-4-2-3-19-18(20)7-12-33-21(19)15-29-8-10-30(11-9-29)23(32)13-17-5-6-22(25-14-17)31-16-26-27-28-31/h2-6,14,16,21H,7-13,15H2. The topological polar surface area (TPSA) is 93.6 Å². The zero-order valence-electron chi connectivity index (χ0n) is 18.2. The van der Waals surface area contributed by atoms with Crippen molar-refractivity contribution in [1.29, 1.82) is 0 Å². The maximum Gasteiger partial charge on any atom is 0.227 e. The molecule has 10 heteroatoms. The molecule has 2 aliphatic rings. The zero-order chi connectivity index (χ0) is 22.6. The molecule has 1 aromatic carbocycles. The van der Waals surface area contributed by atoms with Gasteiger partial charge in [-0.1, -0.05) is 24.3 Å². The Balaban J connectivity index is 1.14. The van der Waals surface area contributed by atoms with Crippen LogP contribution in [0.4, 0.5) is 5.69 Å². The van der Waals surface area contributed by atoms with Gasteiger partial charge in [-0.2, -0.15) is 4.68 Å². The predicted octanol–water partition coefficient (Wildman–Crippen LogP) is 1.61. The number of benzene rings is 1. The molecule has 0 aliphatic carbocycles. The lowest BCUT2D eigenvalue weighted by Gasteiger charge is -2.37. The molecule has 0 saturated carbocycles. The van der Waals surface area contributed by atoms with E-state index in [9.17, 15) is 4.79 Å². The smallest absolute Gasteiger partial charge is 0.227 e. The van der Waals surface area contributed by atoms with Gasteiger partial charge in [-0.3, -0.25) is 9.69 Å². The van der Waals surface area contributed by atoms with Gasteiger partial charge in [0.15, 0.2) is 11.5 Å². The first kappa shape index (κ1) is 21.2. The van der Waals surface area contributed by atoms with E-state index in [-0.39, 0.29) is 12.0 Å². The van der Waals surface area contributed by atoms with Crippen molar-refractivity contribution in [3.8, 4) is 5.82 Å². The number of carbonyl (C=O) groups is 1. The molecule has 1 unspecified atom stereocenters. The van der Waals surface area contributed by atoms with E-state index in [0.717, 1.165) is 48.4 Å². The zero-order valence-corrected chi connectivity index (χ0v) is 18.2. The number of nitrogens with zero attached hydrogens (tertiary/aromatic N) is 8. The third kappa shape index (κ3) is 4.60. The summed E-state index contributed by atoms with van der Waals surface area (Å²) in [7, 11) is 0. The van der Waals surface area contributed by atoms with E-state index in [0.29, 0.717) is 31.9 Å². The van der Waals surface area contributed by atoms with E-state index < -0.39 is 0 Å². The minimum absolute atomic E-state index is 0.0255. The second kappa shape index (κ2) is 9.44. The lowest BCUT2D eigenvalue weighted by molar-refractivity contribution is -0.132. The summed E-state index contributed by atoms with van der Waals surface area (Å²) in [5.41, 5.74) is 3.85. The maximum atomic E-state index is 12.8. The summed E-state index contributed by atoms with van der Waals surface area (Å²) in [6.07, 6.45) is 4.26. The number of aromatic nitrogens is 5. The summed E-state index contributed by atoms with van der Waals surface area (Å²) in [5, 5.41) is 11.0. The number of fused-ring (bicyclic) bond motifs is 1. The summed E-state index contributed by atoms with van der Waals surface area (Å²) in [6, 6.07) is 9.58. The number of rotatable bonds is 5. The lowest BCUT2D eigenvalue weighted by Crippen LogP contribution is -2.50. The molecule has 1 fully saturated rings. The van der Waals surface area contributed by atoms with E-state index in [1.807, 2.05) is 23.1 Å². The molecule has 1 saturated heterocycles. The average molecular weight is 444 g/mol. The van der Waals surface area contributed by atoms with Crippen LogP contribution in [0, 0.1) is 6.57 Å². The first-order valence-corrected chi connectivity index (χ1v) is 11.0. The number of carbonyl (C=O) groups excluding carboxylic acids is 1. The van der Waals surface area contributed by atoms with Gasteiger partial charge in [0.05, 0.1) is 25.7 Å². The predicted molar refractivity (Wildman–Crippen MR) is 119 cm³/mol. The average Bonchev–Trinajstić information content (AvgIpc) is 3.40. The minimum Gasteiger partial charge on any atom is -0.372 e. The van der Waals surface area contributed by atoms with Gasteiger partial charge in [-0.25, -0.2) is 9.83 Å². The normalized spacial score (nSPS) is 18.5. The van der Waals surface area contributed by atoms with Crippen LogP contribution in [0.1, 0.15) is 22.8 Å². The van der Waals surface area contributed by atoms with E-state index in [1.54, 1.807) is 12.3 Å². The first-order valence-electron chi connectivity index (χ1n) is 11.0. The Morgan fingerprint density at radius 2 is 2.06 bits per heavy atom. The Kier molecular flexibility index (Phi) is 6.06. The molecule has 1 amide bonds. The highest BCUT2D eigenvalue weighted by atomic mass is 16.5. The molecule has 3 aromatic rings. The number of ether oxygens (including phenoxy) is 1. The second-order valence-electron chi connectivity index (χ2n) is 8.20. The summed E-state index contributed by atoms with van der Waals surface area (Å²) in [5.74, 6) is 0.715. The van der Waals surface area contributed by atoms with Crippen LogP contribution in [0.15, 0.2) is 42.9 Å². The quantitative estimate of drug-likeness (QED) is 0.552. The van der Waals surface area contributed by atoms with Crippen molar-refractivity contribution in [2.24, 2.45) is 0 Å². The number of pyridine rings is 1.